The first-order valence-electron chi connectivity index (χ1n) is 5.53. The number of ether oxygens (including phenoxy) is 1. The first-order valence-corrected chi connectivity index (χ1v) is 5.93. The molecule has 2 atom stereocenters. The van der Waals surface area contributed by atoms with Crippen LogP contribution in [0.2, 0.25) is 0 Å². The molecule has 17 heavy (non-hydrogen) atoms. The second kappa shape index (κ2) is 5.53. The van der Waals surface area contributed by atoms with E-state index >= 15 is 0 Å². The largest absolute Gasteiger partial charge is 0.378 e. The first-order chi connectivity index (χ1) is 8.20. The van der Waals surface area contributed by atoms with Crippen LogP contribution in [0.25, 0.3) is 0 Å². The van der Waals surface area contributed by atoms with E-state index in [1.807, 2.05) is 22.5 Å². The zero-order valence-corrected chi connectivity index (χ0v) is 10.6. The van der Waals surface area contributed by atoms with Crippen LogP contribution in [-0.4, -0.2) is 42.6 Å². The fourth-order valence-electron chi connectivity index (χ4n) is 1.97. The molecular formula is C12H16N2O2S. The highest BCUT2D eigenvalue weighted by Gasteiger charge is 2.32. The van der Waals surface area contributed by atoms with Crippen LogP contribution in [-0.2, 0) is 4.74 Å². The van der Waals surface area contributed by atoms with E-state index in [9.17, 15) is 4.79 Å². The maximum atomic E-state index is 12.0. The summed E-state index contributed by atoms with van der Waals surface area (Å²) < 4.78 is 7.18. The quantitative estimate of drug-likeness (QED) is 0.787. The summed E-state index contributed by atoms with van der Waals surface area (Å²) >= 11 is 4.28. The number of hydrogen-bond donors (Lipinski definition) is 2. The van der Waals surface area contributed by atoms with Crippen molar-refractivity contribution in [2.45, 2.75) is 12.1 Å². The Bertz CT molecular complexity index is 385. The second-order valence-electron chi connectivity index (χ2n) is 4.09. The zero-order chi connectivity index (χ0) is 12.3. The Morgan fingerprint density at radius 2 is 2.12 bits per heavy atom. The Morgan fingerprint density at radius 3 is 2.76 bits per heavy atom. The molecule has 0 radical (unpaired) electrons. The topological polar surface area (TPSA) is 41.6 Å². The van der Waals surface area contributed by atoms with Gasteiger partial charge in [-0.1, -0.05) is 31.0 Å². The predicted octanol–water partition coefficient (Wildman–Crippen LogP) is 0.960. The number of hydrogen-bond acceptors (Lipinski definition) is 4. The van der Waals surface area contributed by atoms with Crippen LogP contribution in [0, 0.1) is 0 Å². The second-order valence-corrected chi connectivity index (χ2v) is 4.66. The van der Waals surface area contributed by atoms with Gasteiger partial charge < -0.3 is 10.1 Å². The molecule has 0 spiro atoms. The lowest BCUT2D eigenvalue weighted by atomic mass is 10.1. The number of benzene rings is 1. The van der Waals surface area contributed by atoms with Gasteiger partial charge in [0.1, 0.15) is 0 Å². The highest BCUT2D eigenvalue weighted by molar-refractivity contribution is 7.77. The summed E-state index contributed by atoms with van der Waals surface area (Å²) in [5.41, 5.74) is 0.667. The van der Waals surface area contributed by atoms with Gasteiger partial charge in [-0.2, -0.15) is 0 Å². The van der Waals surface area contributed by atoms with Crippen molar-refractivity contribution in [2.75, 3.05) is 20.2 Å². The Kier molecular flexibility index (Phi) is 4.04. The number of amides is 1. The molecule has 0 aliphatic carbocycles. The van der Waals surface area contributed by atoms with Gasteiger partial charge >= 0.3 is 0 Å². The van der Waals surface area contributed by atoms with Crippen LogP contribution in [0.3, 0.4) is 0 Å². The van der Waals surface area contributed by atoms with Crippen molar-refractivity contribution in [1.29, 1.82) is 0 Å². The summed E-state index contributed by atoms with van der Waals surface area (Å²) in [7, 11) is 1.65. The molecule has 4 nitrogen and oxygen atoms in total. The number of thiol groups is 1. The van der Waals surface area contributed by atoms with Crippen LogP contribution in [0.15, 0.2) is 30.3 Å². The molecule has 1 fully saturated rings. The van der Waals surface area contributed by atoms with Crippen LogP contribution >= 0.6 is 12.8 Å². The normalized spacial score (nSPS) is 24.8. The summed E-state index contributed by atoms with van der Waals surface area (Å²) in [4.78, 5) is 12.0. The van der Waals surface area contributed by atoms with Crippen LogP contribution in [0.5, 0.6) is 0 Å². The van der Waals surface area contributed by atoms with Crippen molar-refractivity contribution < 1.29 is 9.53 Å². The molecule has 1 heterocycles. The van der Waals surface area contributed by atoms with E-state index < -0.39 is 0 Å². The average Bonchev–Trinajstić information content (AvgIpc) is 2.70. The van der Waals surface area contributed by atoms with Crippen molar-refractivity contribution in [3.05, 3.63) is 35.9 Å². The highest BCUT2D eigenvalue weighted by atomic mass is 32.1. The number of nitrogens with one attached hydrogen (secondary N) is 1. The fourth-order valence-corrected chi connectivity index (χ4v) is 2.31. The van der Waals surface area contributed by atoms with Crippen molar-refractivity contribution in [3.63, 3.8) is 0 Å². The molecule has 1 N–H and O–H groups in total. The molecule has 2 unspecified atom stereocenters. The van der Waals surface area contributed by atoms with E-state index in [0.717, 1.165) is 6.54 Å². The molecular weight excluding hydrogens is 236 g/mol. The predicted molar refractivity (Wildman–Crippen MR) is 69.1 cm³/mol. The van der Waals surface area contributed by atoms with Crippen molar-refractivity contribution in [2.24, 2.45) is 0 Å². The van der Waals surface area contributed by atoms with E-state index in [0.29, 0.717) is 12.1 Å². The Hall–Kier alpha value is -1.04. The highest BCUT2D eigenvalue weighted by Crippen LogP contribution is 2.15. The lowest BCUT2D eigenvalue weighted by Gasteiger charge is -2.18. The minimum absolute atomic E-state index is 0.000150. The monoisotopic (exact) mass is 252 g/mol. The molecule has 1 aliphatic rings. The third-order valence-electron chi connectivity index (χ3n) is 2.90. The molecule has 2 rings (SSSR count). The molecule has 1 aromatic carbocycles. The van der Waals surface area contributed by atoms with Crippen molar-refractivity contribution in [1.82, 2.24) is 9.62 Å². The van der Waals surface area contributed by atoms with Gasteiger partial charge in [-0.05, 0) is 12.1 Å². The smallest absolute Gasteiger partial charge is 0.251 e. The number of rotatable bonds is 3. The van der Waals surface area contributed by atoms with Crippen LogP contribution < -0.4 is 5.32 Å². The molecule has 0 aromatic heterocycles. The number of carbonyl (C=O) groups is 1. The Labute approximate surface area is 106 Å². The molecule has 1 aromatic rings. The van der Waals surface area contributed by atoms with Gasteiger partial charge in [0.05, 0.1) is 12.1 Å². The van der Waals surface area contributed by atoms with Gasteiger partial charge in [0.25, 0.3) is 5.91 Å². The lowest BCUT2D eigenvalue weighted by molar-refractivity contribution is 0.0774. The molecule has 1 saturated heterocycles. The van der Waals surface area contributed by atoms with E-state index in [1.54, 1.807) is 19.2 Å². The van der Waals surface area contributed by atoms with E-state index in [4.69, 9.17) is 4.74 Å². The van der Waals surface area contributed by atoms with Gasteiger partial charge in [0.2, 0.25) is 0 Å². The molecule has 1 amide bonds. The summed E-state index contributed by atoms with van der Waals surface area (Å²) in [5.74, 6) is -0.0683. The molecule has 92 valence electrons. The third kappa shape index (κ3) is 3.00. The molecule has 5 heteroatoms. The molecule has 0 bridgehead atoms. The fraction of sp³-hybridized carbons (Fsp3) is 0.417. The van der Waals surface area contributed by atoms with Crippen LogP contribution in [0.4, 0.5) is 0 Å². The minimum Gasteiger partial charge on any atom is -0.378 e. The lowest BCUT2D eigenvalue weighted by Crippen LogP contribution is -2.43. The Balaban J connectivity index is 1.99. The van der Waals surface area contributed by atoms with Gasteiger partial charge in [0.15, 0.2) is 0 Å². The third-order valence-corrected chi connectivity index (χ3v) is 3.23. The van der Waals surface area contributed by atoms with Crippen molar-refractivity contribution in [3.8, 4) is 0 Å². The van der Waals surface area contributed by atoms with Crippen molar-refractivity contribution >= 4 is 18.7 Å². The summed E-state index contributed by atoms with van der Waals surface area (Å²) in [6.07, 6.45) is 0.000150. The summed E-state index contributed by atoms with van der Waals surface area (Å²) in [5, 5.41) is 2.97. The molecule has 0 saturated carbocycles. The van der Waals surface area contributed by atoms with E-state index in [2.05, 4.69) is 18.1 Å². The van der Waals surface area contributed by atoms with Gasteiger partial charge in [-0.25, -0.2) is 4.31 Å². The number of methoxy groups -OCH3 is 1. The number of nitrogens with zero attached hydrogens (tertiary/aromatic N) is 1. The van der Waals surface area contributed by atoms with Gasteiger partial charge in [0, 0.05) is 25.8 Å². The summed E-state index contributed by atoms with van der Waals surface area (Å²) in [6.45, 7) is 1.42. The van der Waals surface area contributed by atoms with Gasteiger partial charge in [-0.3, -0.25) is 4.79 Å². The Morgan fingerprint density at radius 1 is 1.41 bits per heavy atom. The summed E-state index contributed by atoms with van der Waals surface area (Å²) in [6, 6.07) is 9.17. The average molecular weight is 252 g/mol. The maximum absolute atomic E-state index is 12.0. The zero-order valence-electron chi connectivity index (χ0n) is 9.67. The van der Waals surface area contributed by atoms with E-state index in [1.165, 1.54) is 0 Å². The maximum Gasteiger partial charge on any atom is 0.251 e. The van der Waals surface area contributed by atoms with E-state index in [-0.39, 0.29) is 18.1 Å². The molecule has 1 aliphatic heterocycles. The number of carbonyl (C=O) groups excluding carboxylic acids is 1. The first kappa shape index (κ1) is 12.4. The SMILES string of the molecule is COC1CN(S)CC1NC(=O)c1ccccc1. The van der Waals surface area contributed by atoms with Gasteiger partial charge in [-0.15, -0.1) is 0 Å². The minimum atomic E-state index is -0.0683. The van der Waals surface area contributed by atoms with Crippen LogP contribution in [0.1, 0.15) is 10.4 Å². The standard InChI is InChI=1S/C12H16N2O2S/c1-16-11-8-14(17)7-10(11)13-12(15)9-5-3-2-4-6-9/h2-6,10-11,17H,7-8H2,1H3,(H,13,15).